The van der Waals surface area contributed by atoms with E-state index in [1.165, 1.54) is 11.1 Å². The van der Waals surface area contributed by atoms with E-state index in [1.54, 1.807) is 0 Å². The monoisotopic (exact) mass is 345 g/mol. The number of amides is 2. The van der Waals surface area contributed by atoms with Crippen LogP contribution in [0.25, 0.3) is 0 Å². The highest BCUT2D eigenvalue weighted by atomic mass is 16.3. The van der Waals surface area contributed by atoms with E-state index in [4.69, 9.17) is 0 Å². The van der Waals surface area contributed by atoms with Crippen LogP contribution in [0.5, 0.6) is 0 Å². The van der Waals surface area contributed by atoms with Gasteiger partial charge in [-0.3, -0.25) is 4.90 Å². The number of urea groups is 1. The topological polar surface area (TPSA) is 64.6 Å². The molecule has 1 aliphatic carbocycles. The molecular formula is C20H31N3O2. The maximum Gasteiger partial charge on any atom is 0.314 e. The number of benzene rings is 1. The minimum absolute atomic E-state index is 0.0796. The molecule has 138 valence electrons. The summed E-state index contributed by atoms with van der Waals surface area (Å²) in [6.45, 7) is 4.52. The van der Waals surface area contributed by atoms with Crippen LogP contribution in [0.15, 0.2) is 24.3 Å². The molecule has 3 rings (SSSR count). The first kappa shape index (κ1) is 18.2. The summed E-state index contributed by atoms with van der Waals surface area (Å²) in [6, 6.07) is 8.59. The highest BCUT2D eigenvalue weighted by Crippen LogP contribution is 2.23. The quantitative estimate of drug-likeness (QED) is 0.693. The first-order valence-corrected chi connectivity index (χ1v) is 9.69. The van der Waals surface area contributed by atoms with Crippen molar-refractivity contribution in [3.05, 3.63) is 35.4 Å². The highest BCUT2D eigenvalue weighted by Gasteiger charge is 2.20. The Labute approximate surface area is 150 Å². The molecule has 1 fully saturated rings. The molecule has 25 heavy (non-hydrogen) atoms. The normalized spacial score (nSPS) is 23.7. The van der Waals surface area contributed by atoms with Crippen molar-refractivity contribution in [2.45, 2.75) is 51.2 Å². The van der Waals surface area contributed by atoms with Crippen LogP contribution < -0.4 is 10.6 Å². The van der Waals surface area contributed by atoms with E-state index in [0.717, 1.165) is 58.2 Å². The average Bonchev–Trinajstić information content (AvgIpc) is 2.63. The minimum Gasteiger partial charge on any atom is -0.393 e. The molecule has 0 spiro atoms. The molecule has 0 radical (unpaired) electrons. The van der Waals surface area contributed by atoms with Crippen LogP contribution >= 0.6 is 0 Å². The first-order chi connectivity index (χ1) is 12.2. The number of hydrogen-bond acceptors (Lipinski definition) is 3. The van der Waals surface area contributed by atoms with E-state index in [1.807, 2.05) is 0 Å². The van der Waals surface area contributed by atoms with Gasteiger partial charge < -0.3 is 15.7 Å². The maximum absolute atomic E-state index is 11.9. The first-order valence-electron chi connectivity index (χ1n) is 9.69. The second kappa shape index (κ2) is 9.20. The zero-order valence-corrected chi connectivity index (χ0v) is 15.0. The molecule has 2 amide bonds. The highest BCUT2D eigenvalue weighted by molar-refractivity contribution is 5.73. The van der Waals surface area contributed by atoms with Crippen molar-refractivity contribution < 1.29 is 9.90 Å². The van der Waals surface area contributed by atoms with Gasteiger partial charge in [-0.05, 0) is 49.1 Å². The fourth-order valence-corrected chi connectivity index (χ4v) is 4.00. The third-order valence-electron chi connectivity index (χ3n) is 5.45. The summed E-state index contributed by atoms with van der Waals surface area (Å²) in [5.41, 5.74) is 2.92. The summed E-state index contributed by atoms with van der Waals surface area (Å²) >= 11 is 0. The lowest BCUT2D eigenvalue weighted by Crippen LogP contribution is -2.40. The second-order valence-corrected chi connectivity index (χ2v) is 7.47. The van der Waals surface area contributed by atoms with Crippen LogP contribution in [0.1, 0.15) is 43.2 Å². The molecule has 1 saturated carbocycles. The maximum atomic E-state index is 11.9. The summed E-state index contributed by atoms with van der Waals surface area (Å²) in [4.78, 5) is 14.3. The van der Waals surface area contributed by atoms with Crippen molar-refractivity contribution in [1.82, 2.24) is 15.5 Å². The zero-order chi connectivity index (χ0) is 17.5. The Balaban J connectivity index is 1.27. The number of fused-ring (bicyclic) bond motifs is 1. The number of carbonyl (C=O) groups excluding carboxylic acids is 1. The molecule has 2 aliphatic rings. The van der Waals surface area contributed by atoms with E-state index < -0.39 is 0 Å². The molecule has 0 aromatic heterocycles. The van der Waals surface area contributed by atoms with Crippen LogP contribution in [0.4, 0.5) is 4.79 Å². The van der Waals surface area contributed by atoms with Crippen LogP contribution in [0.2, 0.25) is 0 Å². The largest absolute Gasteiger partial charge is 0.393 e. The van der Waals surface area contributed by atoms with Crippen LogP contribution in [-0.2, 0) is 13.0 Å². The minimum atomic E-state index is -0.182. The fraction of sp³-hybridized carbons (Fsp3) is 0.650. The standard InChI is InChI=1S/C20H31N3O2/c24-19-8-3-5-16(13-19)14-22-20(25)21-10-4-11-23-12-9-17-6-1-2-7-18(17)15-23/h1-2,6-7,16,19,24H,3-5,8-15H2,(H2,21,22,25). The summed E-state index contributed by atoms with van der Waals surface area (Å²) in [6.07, 6.45) is 5.80. The lowest BCUT2D eigenvalue weighted by molar-refractivity contribution is 0.101. The predicted octanol–water partition coefficient (Wildman–Crippen LogP) is 2.29. The van der Waals surface area contributed by atoms with Crippen LogP contribution in [-0.4, -0.2) is 48.3 Å². The molecule has 5 nitrogen and oxygen atoms in total. The summed E-state index contributed by atoms with van der Waals surface area (Å²) in [5, 5.41) is 15.6. The number of rotatable bonds is 6. The molecule has 1 aromatic rings. The van der Waals surface area contributed by atoms with E-state index in [2.05, 4.69) is 39.8 Å². The van der Waals surface area contributed by atoms with Crippen LogP contribution in [0.3, 0.4) is 0 Å². The summed E-state index contributed by atoms with van der Waals surface area (Å²) in [7, 11) is 0. The molecule has 5 heteroatoms. The molecule has 1 heterocycles. The van der Waals surface area contributed by atoms with Crippen molar-refractivity contribution in [2.75, 3.05) is 26.2 Å². The van der Waals surface area contributed by atoms with Gasteiger partial charge in [-0.1, -0.05) is 30.7 Å². The molecule has 0 bridgehead atoms. The van der Waals surface area contributed by atoms with Gasteiger partial charge in [-0.15, -0.1) is 0 Å². The summed E-state index contributed by atoms with van der Waals surface area (Å²) in [5.74, 6) is 0.419. The second-order valence-electron chi connectivity index (χ2n) is 7.47. The van der Waals surface area contributed by atoms with E-state index in [-0.39, 0.29) is 12.1 Å². The predicted molar refractivity (Wildman–Crippen MR) is 99.4 cm³/mol. The molecule has 0 saturated heterocycles. The average molecular weight is 345 g/mol. The van der Waals surface area contributed by atoms with E-state index >= 15 is 0 Å². The lowest BCUT2D eigenvalue weighted by atomic mass is 9.87. The molecule has 2 unspecified atom stereocenters. The Kier molecular flexibility index (Phi) is 6.70. The van der Waals surface area contributed by atoms with Crippen molar-refractivity contribution in [1.29, 1.82) is 0 Å². The Morgan fingerprint density at radius 3 is 2.88 bits per heavy atom. The molecule has 2 atom stereocenters. The van der Waals surface area contributed by atoms with Crippen molar-refractivity contribution in [3.63, 3.8) is 0 Å². The molecular weight excluding hydrogens is 314 g/mol. The van der Waals surface area contributed by atoms with Gasteiger partial charge in [0.15, 0.2) is 0 Å². The number of aliphatic hydroxyl groups excluding tert-OH is 1. The SMILES string of the molecule is O=C(NCCCN1CCc2ccccc2C1)NCC1CCCC(O)C1. The Hall–Kier alpha value is -1.59. The van der Waals surface area contributed by atoms with Crippen LogP contribution in [0, 0.1) is 5.92 Å². The van der Waals surface area contributed by atoms with E-state index in [9.17, 15) is 9.90 Å². The number of nitrogens with one attached hydrogen (secondary N) is 2. The lowest BCUT2D eigenvalue weighted by Gasteiger charge is -2.28. The van der Waals surface area contributed by atoms with Crippen molar-refractivity contribution in [2.24, 2.45) is 5.92 Å². The fourth-order valence-electron chi connectivity index (χ4n) is 4.00. The third-order valence-corrected chi connectivity index (χ3v) is 5.45. The van der Waals surface area contributed by atoms with Crippen molar-refractivity contribution in [3.8, 4) is 0 Å². The number of nitrogens with zero attached hydrogens (tertiary/aromatic N) is 1. The van der Waals surface area contributed by atoms with Gasteiger partial charge in [0.05, 0.1) is 6.10 Å². The molecule has 3 N–H and O–H groups in total. The Morgan fingerprint density at radius 2 is 2.04 bits per heavy atom. The van der Waals surface area contributed by atoms with Gasteiger partial charge in [0, 0.05) is 32.7 Å². The van der Waals surface area contributed by atoms with Gasteiger partial charge in [-0.2, -0.15) is 0 Å². The number of hydrogen-bond donors (Lipinski definition) is 3. The smallest absolute Gasteiger partial charge is 0.314 e. The van der Waals surface area contributed by atoms with Gasteiger partial charge >= 0.3 is 6.03 Å². The van der Waals surface area contributed by atoms with Gasteiger partial charge in [0.1, 0.15) is 0 Å². The van der Waals surface area contributed by atoms with Crippen molar-refractivity contribution >= 4 is 6.03 Å². The third kappa shape index (κ3) is 5.72. The zero-order valence-electron chi connectivity index (χ0n) is 15.0. The summed E-state index contributed by atoms with van der Waals surface area (Å²) < 4.78 is 0. The van der Waals surface area contributed by atoms with Gasteiger partial charge in [0.25, 0.3) is 0 Å². The molecule has 1 aromatic carbocycles. The number of aliphatic hydroxyl groups is 1. The molecule has 1 aliphatic heterocycles. The Bertz CT molecular complexity index is 564. The van der Waals surface area contributed by atoms with Gasteiger partial charge in [0.2, 0.25) is 0 Å². The number of carbonyl (C=O) groups is 1. The van der Waals surface area contributed by atoms with Gasteiger partial charge in [-0.25, -0.2) is 4.79 Å². The Morgan fingerprint density at radius 1 is 1.20 bits per heavy atom. The van der Waals surface area contributed by atoms with E-state index in [0.29, 0.717) is 19.0 Å².